The first kappa shape index (κ1) is 12.8. The maximum Gasteiger partial charge on any atom is 0.228 e. The van der Waals surface area contributed by atoms with Crippen LogP contribution in [-0.2, 0) is 6.42 Å². The Morgan fingerprint density at radius 1 is 1.20 bits per heavy atom. The average Bonchev–Trinajstić information content (AvgIpc) is 2.41. The van der Waals surface area contributed by atoms with Crippen LogP contribution >= 0.6 is 0 Å². The van der Waals surface area contributed by atoms with Gasteiger partial charge in [-0.2, -0.15) is 15.0 Å². The molecule has 1 aromatic heterocycles. The Kier molecular flexibility index (Phi) is 3.26. The van der Waals surface area contributed by atoms with E-state index in [9.17, 15) is 0 Å². The highest BCUT2D eigenvalue weighted by molar-refractivity contribution is 5.40. The van der Waals surface area contributed by atoms with Crippen molar-refractivity contribution >= 4 is 11.9 Å². The van der Waals surface area contributed by atoms with Gasteiger partial charge in [0, 0.05) is 0 Å². The molecular formula is C15H19N5. The van der Waals surface area contributed by atoms with Gasteiger partial charge in [0.15, 0.2) is 0 Å². The summed E-state index contributed by atoms with van der Waals surface area (Å²) in [5, 5.41) is 3.43. The summed E-state index contributed by atoms with van der Waals surface area (Å²) in [6.45, 7) is 4.08. The molecule has 2 aromatic rings. The minimum absolute atomic E-state index is 0.223. The van der Waals surface area contributed by atoms with Crippen LogP contribution in [0.15, 0.2) is 24.3 Å². The molecule has 1 aromatic carbocycles. The predicted octanol–water partition coefficient (Wildman–Crippen LogP) is 2.50. The molecule has 1 heterocycles. The number of nitrogens with zero attached hydrogens (tertiary/aromatic N) is 3. The van der Waals surface area contributed by atoms with E-state index >= 15 is 0 Å². The summed E-state index contributed by atoms with van der Waals surface area (Å²) < 4.78 is 0. The lowest BCUT2D eigenvalue weighted by molar-refractivity contribution is 0.432. The van der Waals surface area contributed by atoms with Gasteiger partial charge < -0.3 is 11.1 Å². The quantitative estimate of drug-likeness (QED) is 0.876. The maximum atomic E-state index is 5.69. The summed E-state index contributed by atoms with van der Waals surface area (Å²) in [5.74, 6) is 1.99. The first-order valence-corrected chi connectivity index (χ1v) is 6.96. The molecule has 3 rings (SSSR count). The summed E-state index contributed by atoms with van der Waals surface area (Å²) in [7, 11) is 0. The van der Waals surface area contributed by atoms with Gasteiger partial charge in [-0.3, -0.25) is 0 Å². The van der Waals surface area contributed by atoms with Crippen LogP contribution in [-0.4, -0.2) is 15.0 Å². The number of hydrogen-bond acceptors (Lipinski definition) is 5. The zero-order valence-corrected chi connectivity index (χ0v) is 11.8. The van der Waals surface area contributed by atoms with Crippen molar-refractivity contribution in [3.63, 3.8) is 0 Å². The second kappa shape index (κ2) is 5.07. The SMILES string of the molecule is Cc1nc(N)nc(NC2c3ccccc3CCC2C)n1. The molecule has 0 radical (unpaired) electrons. The lowest BCUT2D eigenvalue weighted by Crippen LogP contribution is -2.26. The zero-order chi connectivity index (χ0) is 14.1. The smallest absolute Gasteiger partial charge is 0.228 e. The van der Waals surface area contributed by atoms with E-state index in [-0.39, 0.29) is 12.0 Å². The third-order valence-electron chi connectivity index (χ3n) is 3.88. The predicted molar refractivity (Wildman–Crippen MR) is 79.3 cm³/mol. The number of nitrogen functional groups attached to an aromatic ring is 1. The zero-order valence-electron chi connectivity index (χ0n) is 11.8. The van der Waals surface area contributed by atoms with Gasteiger partial charge in [-0.05, 0) is 36.8 Å². The van der Waals surface area contributed by atoms with Gasteiger partial charge in [0.2, 0.25) is 11.9 Å². The van der Waals surface area contributed by atoms with Gasteiger partial charge in [-0.1, -0.05) is 31.2 Å². The van der Waals surface area contributed by atoms with E-state index < -0.39 is 0 Å². The van der Waals surface area contributed by atoms with Crippen LogP contribution in [0, 0.1) is 12.8 Å². The Labute approximate surface area is 118 Å². The standard InChI is InChI=1S/C15H19N5/c1-9-7-8-11-5-3-4-6-12(11)13(9)19-15-18-10(2)17-14(16)20-15/h3-6,9,13H,7-8H2,1-2H3,(H3,16,17,18,19,20). The molecule has 5 nitrogen and oxygen atoms in total. The van der Waals surface area contributed by atoms with Crippen molar-refractivity contribution in [3.8, 4) is 0 Å². The van der Waals surface area contributed by atoms with Gasteiger partial charge in [-0.15, -0.1) is 0 Å². The van der Waals surface area contributed by atoms with Gasteiger partial charge >= 0.3 is 0 Å². The van der Waals surface area contributed by atoms with Crippen LogP contribution in [0.1, 0.15) is 36.3 Å². The largest absolute Gasteiger partial charge is 0.368 e. The number of rotatable bonds is 2. The van der Waals surface area contributed by atoms with E-state index in [0.29, 0.717) is 17.7 Å². The summed E-state index contributed by atoms with van der Waals surface area (Å²) in [6.07, 6.45) is 2.29. The van der Waals surface area contributed by atoms with Gasteiger partial charge in [0.1, 0.15) is 5.82 Å². The van der Waals surface area contributed by atoms with Crippen molar-refractivity contribution in [2.24, 2.45) is 5.92 Å². The Morgan fingerprint density at radius 2 is 2.00 bits per heavy atom. The second-order valence-corrected chi connectivity index (χ2v) is 5.40. The van der Waals surface area contributed by atoms with Crippen molar-refractivity contribution in [1.29, 1.82) is 0 Å². The topological polar surface area (TPSA) is 76.7 Å². The van der Waals surface area contributed by atoms with E-state index in [1.807, 2.05) is 6.92 Å². The van der Waals surface area contributed by atoms with E-state index in [0.717, 1.165) is 12.8 Å². The maximum absolute atomic E-state index is 5.69. The molecule has 104 valence electrons. The Hall–Kier alpha value is -2.17. The molecule has 0 aliphatic heterocycles. The number of aryl methyl sites for hydroxylation is 2. The van der Waals surface area contributed by atoms with Crippen molar-refractivity contribution in [3.05, 3.63) is 41.2 Å². The number of nitrogens with one attached hydrogen (secondary N) is 1. The van der Waals surface area contributed by atoms with Crippen molar-refractivity contribution < 1.29 is 0 Å². The molecule has 0 fully saturated rings. The lowest BCUT2D eigenvalue weighted by Gasteiger charge is -2.32. The van der Waals surface area contributed by atoms with Gasteiger partial charge in [0.05, 0.1) is 6.04 Å². The molecule has 5 heteroatoms. The fraction of sp³-hybridized carbons (Fsp3) is 0.400. The minimum atomic E-state index is 0.223. The number of nitrogens with two attached hydrogens (primary N) is 1. The van der Waals surface area contributed by atoms with Crippen LogP contribution in [0.3, 0.4) is 0 Å². The molecule has 0 bridgehead atoms. The Balaban J connectivity index is 1.93. The van der Waals surface area contributed by atoms with Crippen molar-refractivity contribution in [1.82, 2.24) is 15.0 Å². The normalized spacial score (nSPS) is 21.3. The summed E-state index contributed by atoms with van der Waals surface area (Å²) in [6, 6.07) is 8.78. The van der Waals surface area contributed by atoms with E-state index in [1.165, 1.54) is 11.1 Å². The minimum Gasteiger partial charge on any atom is -0.368 e. The second-order valence-electron chi connectivity index (χ2n) is 5.40. The van der Waals surface area contributed by atoms with Gasteiger partial charge in [0.25, 0.3) is 0 Å². The molecule has 3 N–H and O–H groups in total. The summed E-state index contributed by atoms with van der Waals surface area (Å²) >= 11 is 0. The number of benzene rings is 1. The molecule has 0 spiro atoms. The fourth-order valence-electron chi connectivity index (χ4n) is 2.85. The average molecular weight is 269 g/mol. The molecular weight excluding hydrogens is 250 g/mol. The third kappa shape index (κ3) is 2.43. The number of aromatic nitrogens is 3. The van der Waals surface area contributed by atoms with Crippen LogP contribution in [0.2, 0.25) is 0 Å². The number of hydrogen-bond donors (Lipinski definition) is 2. The third-order valence-corrected chi connectivity index (χ3v) is 3.88. The number of anilines is 2. The monoisotopic (exact) mass is 269 g/mol. The molecule has 1 aliphatic carbocycles. The van der Waals surface area contributed by atoms with Crippen LogP contribution in [0.5, 0.6) is 0 Å². The first-order chi connectivity index (χ1) is 9.63. The van der Waals surface area contributed by atoms with Crippen molar-refractivity contribution in [2.75, 3.05) is 11.1 Å². The molecule has 0 amide bonds. The summed E-state index contributed by atoms with van der Waals surface area (Å²) in [4.78, 5) is 12.5. The van der Waals surface area contributed by atoms with E-state index in [1.54, 1.807) is 0 Å². The highest BCUT2D eigenvalue weighted by atomic mass is 15.2. The van der Waals surface area contributed by atoms with Gasteiger partial charge in [-0.25, -0.2) is 0 Å². The highest BCUT2D eigenvalue weighted by Crippen LogP contribution is 2.35. The highest BCUT2D eigenvalue weighted by Gasteiger charge is 2.26. The molecule has 1 aliphatic rings. The number of fused-ring (bicyclic) bond motifs is 1. The fourth-order valence-corrected chi connectivity index (χ4v) is 2.85. The molecule has 2 atom stereocenters. The molecule has 0 saturated heterocycles. The van der Waals surface area contributed by atoms with Crippen LogP contribution in [0.4, 0.5) is 11.9 Å². The first-order valence-electron chi connectivity index (χ1n) is 6.96. The lowest BCUT2D eigenvalue weighted by atomic mass is 9.81. The molecule has 20 heavy (non-hydrogen) atoms. The molecule has 0 saturated carbocycles. The Morgan fingerprint density at radius 3 is 2.80 bits per heavy atom. The molecule has 2 unspecified atom stereocenters. The van der Waals surface area contributed by atoms with Crippen LogP contribution < -0.4 is 11.1 Å². The Bertz CT molecular complexity index is 605. The van der Waals surface area contributed by atoms with Crippen molar-refractivity contribution in [2.45, 2.75) is 32.7 Å². The van der Waals surface area contributed by atoms with E-state index in [2.05, 4.69) is 51.5 Å². The van der Waals surface area contributed by atoms with E-state index in [4.69, 9.17) is 5.73 Å². The summed E-state index contributed by atoms with van der Waals surface area (Å²) in [5.41, 5.74) is 8.43. The van der Waals surface area contributed by atoms with Crippen LogP contribution in [0.25, 0.3) is 0 Å².